The Morgan fingerprint density at radius 3 is 2.69 bits per heavy atom. The molecule has 1 amide bonds. The fourth-order valence-electron chi connectivity index (χ4n) is 3.36. The van der Waals surface area contributed by atoms with Gasteiger partial charge in [-0.25, -0.2) is 4.98 Å². The van der Waals surface area contributed by atoms with E-state index in [1.54, 1.807) is 19.2 Å². The number of carbonyl (C=O) groups excluding carboxylic acids is 1. The lowest BCUT2D eigenvalue weighted by atomic mass is 10.0. The van der Waals surface area contributed by atoms with Gasteiger partial charge in [-0.2, -0.15) is 0 Å². The molecule has 1 aliphatic rings. The first-order valence-corrected chi connectivity index (χ1v) is 9.52. The zero-order valence-electron chi connectivity index (χ0n) is 16.2. The SMILES string of the molecule is COc1ccc(OCc2nc(C(=O)N3CCNC[C@@H]3c3ccccc3)co2)cc1. The number of hydrogen-bond donors (Lipinski definition) is 1. The smallest absolute Gasteiger partial charge is 0.276 e. The van der Waals surface area contributed by atoms with Crippen LogP contribution < -0.4 is 14.8 Å². The molecular weight excluding hydrogens is 370 g/mol. The van der Waals surface area contributed by atoms with Crippen LogP contribution in [-0.4, -0.2) is 42.5 Å². The molecule has 1 aromatic heterocycles. The van der Waals surface area contributed by atoms with Crippen LogP contribution in [0.5, 0.6) is 11.5 Å². The minimum atomic E-state index is -0.139. The lowest BCUT2D eigenvalue weighted by Crippen LogP contribution is -2.48. The lowest BCUT2D eigenvalue weighted by molar-refractivity contribution is 0.0628. The van der Waals surface area contributed by atoms with E-state index in [2.05, 4.69) is 10.3 Å². The first kappa shape index (κ1) is 19.0. The number of aromatic nitrogens is 1. The third-order valence-electron chi connectivity index (χ3n) is 4.88. The van der Waals surface area contributed by atoms with Gasteiger partial charge in [-0.05, 0) is 29.8 Å². The van der Waals surface area contributed by atoms with Crippen molar-refractivity contribution in [2.75, 3.05) is 26.7 Å². The summed E-state index contributed by atoms with van der Waals surface area (Å²) in [4.78, 5) is 19.2. The number of nitrogens with one attached hydrogen (secondary N) is 1. The number of benzene rings is 2. The number of carbonyl (C=O) groups is 1. The number of oxazole rings is 1. The number of methoxy groups -OCH3 is 1. The van der Waals surface area contributed by atoms with Gasteiger partial charge < -0.3 is 24.1 Å². The van der Waals surface area contributed by atoms with Gasteiger partial charge in [-0.3, -0.25) is 4.79 Å². The molecule has 0 spiro atoms. The number of amides is 1. The summed E-state index contributed by atoms with van der Waals surface area (Å²) in [5.74, 6) is 1.64. The van der Waals surface area contributed by atoms with E-state index < -0.39 is 0 Å². The third-order valence-corrected chi connectivity index (χ3v) is 4.88. The maximum atomic E-state index is 13.1. The third kappa shape index (κ3) is 4.41. The molecule has 1 aliphatic heterocycles. The Bertz CT molecular complexity index is 940. The van der Waals surface area contributed by atoms with Crippen molar-refractivity contribution < 1.29 is 18.7 Å². The second-order valence-electron chi connectivity index (χ2n) is 6.72. The van der Waals surface area contributed by atoms with Crippen molar-refractivity contribution in [3.05, 3.63) is 78.0 Å². The zero-order valence-corrected chi connectivity index (χ0v) is 16.2. The predicted octanol–water partition coefficient (Wildman–Crippen LogP) is 3.05. The molecule has 150 valence electrons. The summed E-state index contributed by atoms with van der Waals surface area (Å²) in [5, 5.41) is 3.35. The van der Waals surface area contributed by atoms with Gasteiger partial charge in [0.2, 0.25) is 5.89 Å². The highest BCUT2D eigenvalue weighted by Crippen LogP contribution is 2.24. The van der Waals surface area contributed by atoms with E-state index in [1.807, 2.05) is 47.4 Å². The second-order valence-corrected chi connectivity index (χ2v) is 6.72. The van der Waals surface area contributed by atoms with Crippen LogP contribution in [0, 0.1) is 0 Å². The summed E-state index contributed by atoms with van der Waals surface area (Å²) in [6.07, 6.45) is 1.40. The fraction of sp³-hybridized carbons (Fsp3) is 0.273. The molecule has 3 aromatic rings. The van der Waals surface area contributed by atoms with Crippen molar-refractivity contribution in [3.8, 4) is 11.5 Å². The average molecular weight is 393 g/mol. The second kappa shape index (κ2) is 8.79. The van der Waals surface area contributed by atoms with Crippen LogP contribution in [0.4, 0.5) is 0 Å². The van der Waals surface area contributed by atoms with Crippen LogP contribution in [0.3, 0.4) is 0 Å². The van der Waals surface area contributed by atoms with Gasteiger partial charge in [0, 0.05) is 19.6 Å². The minimum absolute atomic E-state index is 0.0341. The van der Waals surface area contributed by atoms with Crippen LogP contribution in [0.2, 0.25) is 0 Å². The maximum absolute atomic E-state index is 13.1. The van der Waals surface area contributed by atoms with Crippen LogP contribution in [-0.2, 0) is 6.61 Å². The van der Waals surface area contributed by atoms with Gasteiger partial charge in [0.1, 0.15) is 17.8 Å². The molecule has 0 radical (unpaired) electrons. The minimum Gasteiger partial charge on any atom is -0.497 e. The summed E-state index contributed by atoms with van der Waals surface area (Å²) in [6.45, 7) is 2.22. The van der Waals surface area contributed by atoms with Crippen LogP contribution in [0.25, 0.3) is 0 Å². The number of hydrogen-bond acceptors (Lipinski definition) is 6. The molecular formula is C22H23N3O4. The van der Waals surface area contributed by atoms with Gasteiger partial charge >= 0.3 is 0 Å². The summed E-state index contributed by atoms with van der Waals surface area (Å²) < 4.78 is 16.3. The normalized spacial score (nSPS) is 16.4. The van der Waals surface area contributed by atoms with Crippen LogP contribution in [0.15, 0.2) is 65.3 Å². The number of rotatable bonds is 6. The van der Waals surface area contributed by atoms with E-state index >= 15 is 0 Å². The molecule has 0 saturated carbocycles. The Balaban J connectivity index is 1.42. The fourth-order valence-corrected chi connectivity index (χ4v) is 3.36. The molecule has 0 bridgehead atoms. The largest absolute Gasteiger partial charge is 0.497 e. The molecule has 4 rings (SSSR count). The Hall–Kier alpha value is -3.32. The van der Waals surface area contributed by atoms with E-state index in [0.29, 0.717) is 30.4 Å². The van der Waals surface area contributed by atoms with E-state index in [0.717, 1.165) is 17.9 Å². The van der Waals surface area contributed by atoms with E-state index in [-0.39, 0.29) is 18.6 Å². The molecule has 29 heavy (non-hydrogen) atoms. The number of nitrogens with zero attached hydrogens (tertiary/aromatic N) is 2. The van der Waals surface area contributed by atoms with Crippen molar-refractivity contribution in [1.82, 2.24) is 15.2 Å². The molecule has 7 heteroatoms. The van der Waals surface area contributed by atoms with Crippen molar-refractivity contribution in [3.63, 3.8) is 0 Å². The predicted molar refractivity (Wildman–Crippen MR) is 107 cm³/mol. The van der Waals surface area contributed by atoms with Crippen molar-refractivity contribution >= 4 is 5.91 Å². The molecule has 7 nitrogen and oxygen atoms in total. The first-order valence-electron chi connectivity index (χ1n) is 9.52. The van der Waals surface area contributed by atoms with Gasteiger partial charge in [0.25, 0.3) is 5.91 Å². The quantitative estimate of drug-likeness (QED) is 0.694. The highest BCUT2D eigenvalue weighted by atomic mass is 16.5. The average Bonchev–Trinajstić information content (AvgIpc) is 3.27. The Kier molecular flexibility index (Phi) is 5.76. The molecule has 2 heterocycles. The molecule has 1 saturated heterocycles. The van der Waals surface area contributed by atoms with Gasteiger partial charge in [0.05, 0.1) is 13.2 Å². The van der Waals surface area contributed by atoms with Crippen molar-refractivity contribution in [2.45, 2.75) is 12.6 Å². The molecule has 0 aliphatic carbocycles. The summed E-state index contributed by atoms with van der Waals surface area (Å²) in [7, 11) is 1.61. The summed E-state index contributed by atoms with van der Waals surface area (Å²) in [6, 6.07) is 17.2. The van der Waals surface area contributed by atoms with Gasteiger partial charge in [0.15, 0.2) is 12.3 Å². The topological polar surface area (TPSA) is 76.8 Å². The van der Waals surface area contributed by atoms with Crippen LogP contribution >= 0.6 is 0 Å². The van der Waals surface area contributed by atoms with Gasteiger partial charge in [-0.15, -0.1) is 0 Å². The summed E-state index contributed by atoms with van der Waals surface area (Å²) in [5.41, 5.74) is 1.39. The monoisotopic (exact) mass is 393 g/mol. The molecule has 1 fully saturated rings. The van der Waals surface area contributed by atoms with E-state index in [4.69, 9.17) is 13.9 Å². The summed E-state index contributed by atoms with van der Waals surface area (Å²) >= 11 is 0. The number of ether oxygens (including phenoxy) is 2. The Labute approximate surface area is 169 Å². The molecule has 1 atom stereocenters. The highest BCUT2D eigenvalue weighted by molar-refractivity contribution is 5.92. The molecule has 2 aromatic carbocycles. The number of piperazine rings is 1. The zero-order chi connectivity index (χ0) is 20.1. The van der Waals surface area contributed by atoms with Crippen molar-refractivity contribution in [1.29, 1.82) is 0 Å². The van der Waals surface area contributed by atoms with Crippen LogP contribution in [0.1, 0.15) is 28.0 Å². The maximum Gasteiger partial charge on any atom is 0.276 e. The Morgan fingerprint density at radius 2 is 1.93 bits per heavy atom. The Morgan fingerprint density at radius 1 is 1.17 bits per heavy atom. The van der Waals surface area contributed by atoms with Gasteiger partial charge in [-0.1, -0.05) is 30.3 Å². The lowest BCUT2D eigenvalue weighted by Gasteiger charge is -2.36. The molecule has 0 unspecified atom stereocenters. The van der Waals surface area contributed by atoms with Crippen molar-refractivity contribution in [2.24, 2.45) is 0 Å². The highest BCUT2D eigenvalue weighted by Gasteiger charge is 2.30. The standard InChI is InChI=1S/C22H23N3O4/c1-27-17-7-9-18(10-8-17)28-15-21-24-19(14-29-21)22(26)25-12-11-23-13-20(25)16-5-3-2-4-6-16/h2-10,14,20,23H,11-13,15H2,1H3/t20-/m1/s1. The van der Waals surface area contributed by atoms with E-state index in [9.17, 15) is 4.79 Å². The molecule has 1 N–H and O–H groups in total. The van der Waals surface area contributed by atoms with E-state index in [1.165, 1.54) is 6.26 Å². The first-order chi connectivity index (χ1) is 14.2.